The SMILES string of the molecule is O=C(CCC(=O)Nc1cccc2ccccc12)NN=Cc1c[nH]c2ccccc12. The molecule has 0 spiro atoms. The maximum atomic E-state index is 12.2. The Hall–Kier alpha value is -3.93. The van der Waals surface area contributed by atoms with E-state index in [1.807, 2.05) is 72.9 Å². The Labute approximate surface area is 167 Å². The second-order valence-corrected chi connectivity index (χ2v) is 6.66. The van der Waals surface area contributed by atoms with Crippen LogP contribution in [0.2, 0.25) is 0 Å². The molecule has 0 atom stereocenters. The lowest BCUT2D eigenvalue weighted by molar-refractivity contribution is -0.124. The van der Waals surface area contributed by atoms with Gasteiger partial charge in [-0.05, 0) is 17.5 Å². The Kier molecular flexibility index (Phi) is 5.33. The number of benzene rings is 3. The molecule has 0 aliphatic heterocycles. The predicted molar refractivity (Wildman–Crippen MR) is 116 cm³/mol. The monoisotopic (exact) mass is 384 g/mol. The first kappa shape index (κ1) is 18.4. The van der Waals surface area contributed by atoms with Crippen LogP contribution in [0.5, 0.6) is 0 Å². The number of nitrogens with one attached hydrogen (secondary N) is 3. The molecule has 0 aliphatic rings. The lowest BCUT2D eigenvalue weighted by Gasteiger charge is -2.08. The van der Waals surface area contributed by atoms with Crippen LogP contribution < -0.4 is 10.7 Å². The van der Waals surface area contributed by atoms with E-state index in [4.69, 9.17) is 0 Å². The number of para-hydroxylation sites is 1. The smallest absolute Gasteiger partial charge is 0.240 e. The Balaban J connectivity index is 1.29. The zero-order chi connectivity index (χ0) is 20.1. The van der Waals surface area contributed by atoms with E-state index >= 15 is 0 Å². The van der Waals surface area contributed by atoms with Gasteiger partial charge in [0.1, 0.15) is 0 Å². The van der Waals surface area contributed by atoms with E-state index in [9.17, 15) is 9.59 Å². The quantitative estimate of drug-likeness (QED) is 0.344. The largest absolute Gasteiger partial charge is 0.361 e. The van der Waals surface area contributed by atoms with Gasteiger partial charge in [0, 0.05) is 46.6 Å². The molecule has 2 amide bonds. The Morgan fingerprint density at radius 2 is 1.59 bits per heavy atom. The van der Waals surface area contributed by atoms with E-state index in [2.05, 4.69) is 20.8 Å². The molecule has 6 nitrogen and oxygen atoms in total. The molecular weight excluding hydrogens is 364 g/mol. The normalized spacial score (nSPS) is 11.2. The third-order valence-corrected chi connectivity index (χ3v) is 4.66. The van der Waals surface area contributed by atoms with Crippen molar-refractivity contribution in [2.75, 3.05) is 5.32 Å². The van der Waals surface area contributed by atoms with E-state index in [-0.39, 0.29) is 24.7 Å². The average Bonchev–Trinajstić information content (AvgIpc) is 3.16. The van der Waals surface area contributed by atoms with Gasteiger partial charge in [0.25, 0.3) is 0 Å². The number of amides is 2. The molecule has 1 aromatic heterocycles. The third kappa shape index (κ3) is 4.32. The third-order valence-electron chi connectivity index (χ3n) is 4.66. The molecule has 144 valence electrons. The van der Waals surface area contributed by atoms with Crippen molar-refractivity contribution in [2.24, 2.45) is 5.10 Å². The van der Waals surface area contributed by atoms with Gasteiger partial charge >= 0.3 is 0 Å². The number of hydrogen-bond donors (Lipinski definition) is 3. The van der Waals surface area contributed by atoms with Crippen LogP contribution in [0.1, 0.15) is 18.4 Å². The first-order valence-corrected chi connectivity index (χ1v) is 9.36. The fourth-order valence-electron chi connectivity index (χ4n) is 3.20. The fraction of sp³-hybridized carbons (Fsp3) is 0.0870. The van der Waals surface area contributed by atoms with Crippen molar-refractivity contribution in [2.45, 2.75) is 12.8 Å². The lowest BCUT2D eigenvalue weighted by Crippen LogP contribution is -2.20. The molecule has 0 saturated heterocycles. The van der Waals surface area contributed by atoms with E-state index in [1.165, 1.54) is 0 Å². The molecule has 1 heterocycles. The minimum atomic E-state index is -0.311. The van der Waals surface area contributed by atoms with Gasteiger partial charge in [0.05, 0.1) is 6.21 Å². The number of aromatic amines is 1. The highest BCUT2D eigenvalue weighted by Crippen LogP contribution is 2.23. The van der Waals surface area contributed by atoms with Crippen LogP contribution in [0, 0.1) is 0 Å². The van der Waals surface area contributed by atoms with Crippen LogP contribution in [-0.2, 0) is 9.59 Å². The number of nitrogens with zero attached hydrogens (tertiary/aromatic N) is 1. The summed E-state index contributed by atoms with van der Waals surface area (Å²) in [4.78, 5) is 27.4. The molecule has 4 rings (SSSR count). The van der Waals surface area contributed by atoms with Crippen molar-refractivity contribution in [3.8, 4) is 0 Å². The van der Waals surface area contributed by atoms with E-state index < -0.39 is 0 Å². The molecule has 4 aromatic rings. The van der Waals surface area contributed by atoms with Crippen molar-refractivity contribution in [1.29, 1.82) is 0 Å². The Bertz CT molecular complexity index is 1200. The maximum absolute atomic E-state index is 12.2. The number of rotatable bonds is 6. The van der Waals surface area contributed by atoms with Gasteiger partial charge < -0.3 is 10.3 Å². The molecule has 3 N–H and O–H groups in total. The zero-order valence-electron chi connectivity index (χ0n) is 15.7. The van der Waals surface area contributed by atoms with Gasteiger partial charge in [-0.15, -0.1) is 0 Å². The molecular formula is C23H20N4O2. The molecule has 0 fully saturated rings. The highest BCUT2D eigenvalue weighted by atomic mass is 16.2. The second-order valence-electron chi connectivity index (χ2n) is 6.66. The number of hydrogen-bond acceptors (Lipinski definition) is 3. The molecule has 0 unspecified atom stereocenters. The second kappa shape index (κ2) is 8.39. The fourth-order valence-corrected chi connectivity index (χ4v) is 3.20. The highest BCUT2D eigenvalue weighted by molar-refractivity contribution is 6.03. The summed E-state index contributed by atoms with van der Waals surface area (Å²) in [6.45, 7) is 0. The molecule has 3 aromatic carbocycles. The van der Waals surface area contributed by atoms with Gasteiger partial charge in [-0.25, -0.2) is 5.43 Å². The number of fused-ring (bicyclic) bond motifs is 2. The van der Waals surface area contributed by atoms with Crippen LogP contribution in [0.25, 0.3) is 21.7 Å². The summed E-state index contributed by atoms with van der Waals surface area (Å²) in [5.74, 6) is -0.522. The number of aromatic nitrogens is 1. The van der Waals surface area contributed by atoms with Gasteiger partial charge in [-0.3, -0.25) is 9.59 Å². The first-order chi connectivity index (χ1) is 14.2. The van der Waals surface area contributed by atoms with E-state index in [0.717, 1.165) is 32.9 Å². The average molecular weight is 384 g/mol. The number of anilines is 1. The number of hydrazone groups is 1. The standard InChI is InChI=1S/C23H20N4O2/c28-22(26-21-11-5-7-16-6-1-2-8-18(16)21)12-13-23(29)27-25-15-17-14-24-20-10-4-3-9-19(17)20/h1-11,14-15,24H,12-13H2,(H,26,28)(H,27,29). The maximum Gasteiger partial charge on any atom is 0.240 e. The Morgan fingerprint density at radius 1 is 0.862 bits per heavy atom. The van der Waals surface area contributed by atoms with Crippen molar-refractivity contribution in [3.05, 3.63) is 78.5 Å². The topological polar surface area (TPSA) is 86.3 Å². The number of carbonyl (C=O) groups is 2. The van der Waals surface area contributed by atoms with Crippen LogP contribution in [-0.4, -0.2) is 23.0 Å². The lowest BCUT2D eigenvalue weighted by atomic mass is 10.1. The molecule has 0 bridgehead atoms. The zero-order valence-corrected chi connectivity index (χ0v) is 15.7. The molecule has 29 heavy (non-hydrogen) atoms. The predicted octanol–water partition coefficient (Wildman–Crippen LogP) is 4.19. The molecule has 0 radical (unpaired) electrons. The van der Waals surface area contributed by atoms with Crippen LogP contribution >= 0.6 is 0 Å². The highest BCUT2D eigenvalue weighted by Gasteiger charge is 2.08. The van der Waals surface area contributed by atoms with E-state index in [0.29, 0.717) is 0 Å². The summed E-state index contributed by atoms with van der Waals surface area (Å²) in [5, 5.41) is 9.91. The summed E-state index contributed by atoms with van der Waals surface area (Å²) < 4.78 is 0. The van der Waals surface area contributed by atoms with Gasteiger partial charge in [0.15, 0.2) is 0 Å². The van der Waals surface area contributed by atoms with Crippen molar-refractivity contribution >= 4 is 45.4 Å². The van der Waals surface area contributed by atoms with E-state index in [1.54, 1.807) is 6.21 Å². The van der Waals surface area contributed by atoms with Crippen LogP contribution in [0.15, 0.2) is 78.0 Å². The summed E-state index contributed by atoms with van der Waals surface area (Å²) in [6, 6.07) is 21.4. The van der Waals surface area contributed by atoms with Crippen molar-refractivity contribution < 1.29 is 9.59 Å². The van der Waals surface area contributed by atoms with Crippen LogP contribution in [0.3, 0.4) is 0 Å². The summed E-state index contributed by atoms with van der Waals surface area (Å²) in [7, 11) is 0. The minimum Gasteiger partial charge on any atom is -0.361 e. The van der Waals surface area contributed by atoms with Crippen molar-refractivity contribution in [1.82, 2.24) is 10.4 Å². The minimum absolute atomic E-state index is 0.0574. The van der Waals surface area contributed by atoms with Crippen molar-refractivity contribution in [3.63, 3.8) is 0 Å². The van der Waals surface area contributed by atoms with Gasteiger partial charge in [0.2, 0.25) is 11.8 Å². The molecule has 0 aliphatic carbocycles. The number of carbonyl (C=O) groups excluding carboxylic acids is 2. The Morgan fingerprint density at radius 3 is 2.48 bits per heavy atom. The molecule has 6 heteroatoms. The van der Waals surface area contributed by atoms with Crippen LogP contribution in [0.4, 0.5) is 5.69 Å². The van der Waals surface area contributed by atoms with Gasteiger partial charge in [-0.2, -0.15) is 5.10 Å². The summed E-state index contributed by atoms with van der Waals surface area (Å²) >= 11 is 0. The number of H-pyrrole nitrogens is 1. The van der Waals surface area contributed by atoms with Gasteiger partial charge in [-0.1, -0.05) is 54.6 Å². The first-order valence-electron chi connectivity index (χ1n) is 9.36. The summed E-state index contributed by atoms with van der Waals surface area (Å²) in [5.41, 5.74) is 5.10. The molecule has 0 saturated carbocycles. The summed E-state index contributed by atoms with van der Waals surface area (Å²) in [6.07, 6.45) is 3.56.